The summed E-state index contributed by atoms with van der Waals surface area (Å²) in [6.45, 7) is 2.91. The van der Waals surface area contributed by atoms with Crippen molar-refractivity contribution in [2.75, 3.05) is 0 Å². The number of rotatable bonds is 0. The van der Waals surface area contributed by atoms with Gasteiger partial charge in [0.1, 0.15) is 5.60 Å². The first-order valence-electron chi connectivity index (χ1n) is 2.70. The molecule has 5 heteroatoms. The van der Waals surface area contributed by atoms with Gasteiger partial charge in [-0.25, -0.2) is 4.21 Å². The van der Waals surface area contributed by atoms with E-state index in [1.807, 2.05) is 0 Å². The third-order valence-electron chi connectivity index (χ3n) is 1.18. The van der Waals surface area contributed by atoms with Gasteiger partial charge in [-0.05, 0) is 13.8 Å². The van der Waals surface area contributed by atoms with Gasteiger partial charge in [0.05, 0.1) is 5.37 Å². The molecule has 0 aromatic rings. The fourth-order valence-corrected chi connectivity index (χ4v) is 1.92. The number of carbonyl (C=O) groups excluding carboxylic acids is 1. The lowest BCUT2D eigenvalue weighted by atomic mass is 10.1. The van der Waals surface area contributed by atoms with Gasteiger partial charge in [-0.3, -0.25) is 13.5 Å². The Hall–Kier alpha value is -0.390. The third-order valence-corrected chi connectivity index (χ3v) is 2.34. The number of hydrogen-bond donors (Lipinski definition) is 1. The first kappa shape index (κ1) is 7.71. The van der Waals surface area contributed by atoms with E-state index in [1.165, 1.54) is 13.8 Å². The maximum atomic E-state index is 10.8. The van der Waals surface area contributed by atoms with Crippen molar-refractivity contribution in [1.29, 1.82) is 0 Å². The van der Waals surface area contributed by atoms with Crippen molar-refractivity contribution >= 4 is 21.2 Å². The quantitative estimate of drug-likeness (QED) is 0.505. The maximum absolute atomic E-state index is 10.8. The number of Topliss-reactive ketones (excluding diaryl/α,β-unsaturated/α-hetero) is 1. The highest BCUT2D eigenvalue weighted by atomic mass is 32.2. The average Bonchev–Trinajstić information content (AvgIpc) is 1.73. The molecule has 1 rings (SSSR count). The van der Waals surface area contributed by atoms with E-state index in [0.717, 1.165) is 0 Å². The van der Waals surface area contributed by atoms with Gasteiger partial charge < -0.3 is 0 Å². The molecule has 0 spiro atoms. The zero-order chi connectivity index (χ0) is 7.99. The molecule has 10 heavy (non-hydrogen) atoms. The lowest BCUT2D eigenvalue weighted by Gasteiger charge is -2.13. The van der Waals surface area contributed by atoms with Crippen molar-refractivity contribution in [2.45, 2.75) is 19.4 Å². The van der Waals surface area contributed by atoms with Crippen LogP contribution in [0.15, 0.2) is 0 Å². The zero-order valence-corrected chi connectivity index (χ0v) is 6.47. The molecule has 1 heterocycles. The Morgan fingerprint density at radius 3 is 2.30 bits per heavy atom. The van der Waals surface area contributed by atoms with Crippen molar-refractivity contribution in [3.8, 4) is 0 Å². The molecule has 0 saturated heterocycles. The summed E-state index contributed by atoms with van der Waals surface area (Å²) < 4.78 is 23.9. The summed E-state index contributed by atoms with van der Waals surface area (Å²) in [4.78, 5) is 10.8. The van der Waals surface area contributed by atoms with E-state index >= 15 is 0 Å². The monoisotopic (exact) mass is 164 g/mol. The summed E-state index contributed by atoms with van der Waals surface area (Å²) in [5.74, 6) is -0.444. The molecule has 1 atom stereocenters. The Balaban J connectivity index is 3.10. The average molecular weight is 164 g/mol. The molecule has 58 valence electrons. The molecule has 0 saturated carbocycles. The Labute approximate surface area is 59.2 Å². The molecule has 0 aliphatic carbocycles. The Morgan fingerprint density at radius 1 is 1.70 bits per heavy atom. The molecule has 1 aliphatic heterocycles. The smallest absolute Gasteiger partial charge is 0.207 e. The molecule has 0 amide bonds. The fourth-order valence-electron chi connectivity index (χ4n) is 0.641. The van der Waals surface area contributed by atoms with Crippen LogP contribution in [0.25, 0.3) is 0 Å². The first-order chi connectivity index (χ1) is 4.33. The van der Waals surface area contributed by atoms with E-state index in [-0.39, 0.29) is 0 Å². The number of hydrogen-bond acceptors (Lipinski definition) is 3. The second-order valence-electron chi connectivity index (χ2n) is 2.59. The van der Waals surface area contributed by atoms with E-state index in [2.05, 4.69) is 4.18 Å². The number of carbonyl (C=O) groups is 1. The minimum atomic E-state index is -3.43. The molecule has 1 unspecified atom stereocenters. The predicted molar refractivity (Wildman–Crippen MR) is 37.0 cm³/mol. The van der Waals surface area contributed by atoms with Crippen LogP contribution in [-0.2, 0) is 19.1 Å². The van der Waals surface area contributed by atoms with Gasteiger partial charge in [-0.1, -0.05) is 0 Å². The lowest BCUT2D eigenvalue weighted by Crippen LogP contribution is -2.29. The van der Waals surface area contributed by atoms with Gasteiger partial charge in [0.15, 0.2) is 0 Å². The fraction of sp³-hybridized carbons (Fsp3) is 0.600. The minimum absolute atomic E-state index is 0.444. The van der Waals surface area contributed by atoms with Crippen LogP contribution >= 0.6 is 0 Å². The summed E-state index contributed by atoms with van der Waals surface area (Å²) in [6.07, 6.45) is 0. The predicted octanol–water partition coefficient (Wildman–Crippen LogP) is -0.161. The molecule has 0 aromatic heterocycles. The largest absolute Gasteiger partial charge is 0.293 e. The molecular weight excluding hydrogens is 156 g/mol. The zero-order valence-electron chi connectivity index (χ0n) is 5.66. The Kier molecular flexibility index (Phi) is 1.39. The van der Waals surface area contributed by atoms with Crippen molar-refractivity contribution in [1.82, 2.24) is 0 Å². The number of ketones is 1. The van der Waals surface area contributed by atoms with Gasteiger partial charge in [0, 0.05) is 0 Å². The third kappa shape index (κ3) is 1.21. The van der Waals surface area contributed by atoms with Gasteiger partial charge in [0.25, 0.3) is 0 Å². The second-order valence-corrected chi connectivity index (χ2v) is 4.02. The molecule has 4 nitrogen and oxygen atoms in total. The van der Waals surface area contributed by atoms with Crippen LogP contribution in [0.1, 0.15) is 13.8 Å². The van der Waals surface area contributed by atoms with Gasteiger partial charge in [-0.2, -0.15) is 0 Å². The molecule has 0 radical (unpaired) electrons. The van der Waals surface area contributed by atoms with E-state index in [9.17, 15) is 9.00 Å². The van der Waals surface area contributed by atoms with Crippen LogP contribution in [0, 0.1) is 0 Å². The SMILES string of the molecule is CC1(C)OS(=O)(O)=CC1=O. The van der Waals surface area contributed by atoms with Crippen LogP contribution in [0.5, 0.6) is 0 Å². The van der Waals surface area contributed by atoms with Gasteiger partial charge in [0.2, 0.25) is 15.9 Å². The van der Waals surface area contributed by atoms with Crippen LogP contribution in [-0.4, -0.2) is 25.5 Å². The van der Waals surface area contributed by atoms with Gasteiger partial charge in [-0.15, -0.1) is 0 Å². The second kappa shape index (κ2) is 1.81. The van der Waals surface area contributed by atoms with E-state index < -0.39 is 21.5 Å². The van der Waals surface area contributed by atoms with Gasteiger partial charge >= 0.3 is 0 Å². The van der Waals surface area contributed by atoms with Crippen molar-refractivity contribution in [2.24, 2.45) is 0 Å². The maximum Gasteiger partial charge on any atom is 0.207 e. The summed E-state index contributed by atoms with van der Waals surface area (Å²) in [5, 5.41) is 0.715. The summed E-state index contributed by atoms with van der Waals surface area (Å²) >= 11 is 0. The topological polar surface area (TPSA) is 63.6 Å². The molecule has 1 N–H and O–H groups in total. The summed E-state index contributed by atoms with van der Waals surface area (Å²) in [5.41, 5.74) is -1.13. The molecule has 0 aromatic carbocycles. The highest BCUT2D eigenvalue weighted by Crippen LogP contribution is 2.18. The Morgan fingerprint density at radius 2 is 2.20 bits per heavy atom. The highest BCUT2D eigenvalue weighted by Gasteiger charge is 2.37. The normalized spacial score (nSPS) is 37.7. The van der Waals surface area contributed by atoms with E-state index in [1.54, 1.807) is 0 Å². The van der Waals surface area contributed by atoms with E-state index in [4.69, 9.17) is 4.55 Å². The van der Waals surface area contributed by atoms with Crippen LogP contribution in [0.4, 0.5) is 0 Å². The van der Waals surface area contributed by atoms with Crippen molar-refractivity contribution in [3.05, 3.63) is 0 Å². The van der Waals surface area contributed by atoms with Crippen LogP contribution in [0.2, 0.25) is 0 Å². The van der Waals surface area contributed by atoms with Crippen molar-refractivity contribution < 1.29 is 17.7 Å². The van der Waals surface area contributed by atoms with E-state index in [0.29, 0.717) is 5.37 Å². The van der Waals surface area contributed by atoms with Crippen LogP contribution in [0.3, 0.4) is 0 Å². The first-order valence-corrected chi connectivity index (χ1v) is 4.20. The molecular formula is C5H8O4S. The highest BCUT2D eigenvalue weighted by molar-refractivity contribution is 7.93. The molecule has 0 fully saturated rings. The minimum Gasteiger partial charge on any atom is -0.293 e. The molecule has 1 aliphatic rings. The standard InChI is InChI=1S/C5H8O4S/c1-5(2)4(6)3-10(7,8)9-5/h3H,1-2H3,(H,7,8). The lowest BCUT2D eigenvalue weighted by molar-refractivity contribution is -0.123. The summed E-state index contributed by atoms with van der Waals surface area (Å²) in [7, 11) is -3.43. The Bertz CT molecular complexity index is 282. The van der Waals surface area contributed by atoms with Crippen molar-refractivity contribution in [3.63, 3.8) is 0 Å². The summed E-state index contributed by atoms with van der Waals surface area (Å²) in [6, 6.07) is 0. The van der Waals surface area contributed by atoms with Crippen LogP contribution < -0.4 is 0 Å². The molecule has 0 bridgehead atoms.